The van der Waals surface area contributed by atoms with Crippen LogP contribution < -0.4 is 4.72 Å². The number of hydrogen-bond donors (Lipinski definition) is 1. The van der Waals surface area contributed by atoms with Gasteiger partial charge in [0, 0.05) is 39.0 Å². The SMILES string of the molecule is Cc1c(C)c(C)c(S(=O)(=O)NCCC(=O)N(C)Cc2cccnc2)c(C)c1C. The van der Waals surface area contributed by atoms with E-state index >= 15 is 0 Å². The molecule has 2 aromatic rings. The number of carbonyl (C=O) groups is 1. The van der Waals surface area contributed by atoms with Gasteiger partial charge in [-0.2, -0.15) is 0 Å². The van der Waals surface area contributed by atoms with Gasteiger partial charge in [0.1, 0.15) is 0 Å². The lowest BCUT2D eigenvalue weighted by molar-refractivity contribution is -0.130. The highest BCUT2D eigenvalue weighted by Gasteiger charge is 2.23. The first-order chi connectivity index (χ1) is 13.1. The van der Waals surface area contributed by atoms with Crippen LogP contribution in [0.1, 0.15) is 39.8 Å². The van der Waals surface area contributed by atoms with Crippen LogP contribution in [0.5, 0.6) is 0 Å². The van der Waals surface area contributed by atoms with Gasteiger partial charge in [0.2, 0.25) is 15.9 Å². The summed E-state index contributed by atoms with van der Waals surface area (Å²) in [4.78, 5) is 18.3. The highest BCUT2D eigenvalue weighted by atomic mass is 32.2. The predicted molar refractivity (Wildman–Crippen MR) is 111 cm³/mol. The third-order valence-corrected chi connectivity index (χ3v) is 7.13. The van der Waals surface area contributed by atoms with E-state index in [4.69, 9.17) is 0 Å². The van der Waals surface area contributed by atoms with Crippen LogP contribution in [0.15, 0.2) is 29.4 Å². The van der Waals surface area contributed by atoms with Crippen molar-refractivity contribution in [2.75, 3.05) is 13.6 Å². The molecular weight excluding hydrogens is 374 g/mol. The maximum absolute atomic E-state index is 12.9. The van der Waals surface area contributed by atoms with E-state index in [1.165, 1.54) is 0 Å². The molecular formula is C21H29N3O3S. The zero-order chi connectivity index (χ0) is 21.1. The molecule has 1 N–H and O–H groups in total. The molecule has 1 aromatic carbocycles. The molecule has 2 rings (SSSR count). The van der Waals surface area contributed by atoms with Gasteiger partial charge in [0.25, 0.3) is 0 Å². The van der Waals surface area contributed by atoms with Crippen LogP contribution in [0.3, 0.4) is 0 Å². The second kappa shape index (κ2) is 8.84. The molecule has 0 spiro atoms. The Labute approximate surface area is 168 Å². The Balaban J connectivity index is 2.05. The lowest BCUT2D eigenvalue weighted by Gasteiger charge is -2.20. The Morgan fingerprint density at radius 1 is 1.04 bits per heavy atom. The first kappa shape index (κ1) is 22.0. The summed E-state index contributed by atoms with van der Waals surface area (Å²) in [5.41, 5.74) is 5.52. The van der Waals surface area contributed by atoms with Crippen molar-refractivity contribution < 1.29 is 13.2 Å². The molecule has 0 bridgehead atoms. The fourth-order valence-electron chi connectivity index (χ4n) is 3.28. The minimum absolute atomic E-state index is 0.0589. The molecule has 28 heavy (non-hydrogen) atoms. The molecule has 1 aromatic heterocycles. The van der Waals surface area contributed by atoms with Crippen LogP contribution in [0.25, 0.3) is 0 Å². The summed E-state index contributed by atoms with van der Waals surface area (Å²) in [6, 6.07) is 3.71. The van der Waals surface area contributed by atoms with Gasteiger partial charge >= 0.3 is 0 Å². The van der Waals surface area contributed by atoms with E-state index in [1.54, 1.807) is 24.3 Å². The highest BCUT2D eigenvalue weighted by Crippen LogP contribution is 2.29. The molecule has 0 radical (unpaired) electrons. The third kappa shape index (κ3) is 4.77. The normalized spacial score (nSPS) is 11.5. The van der Waals surface area contributed by atoms with E-state index in [-0.39, 0.29) is 18.9 Å². The Morgan fingerprint density at radius 3 is 2.14 bits per heavy atom. The molecule has 0 saturated heterocycles. The number of nitrogens with zero attached hydrogens (tertiary/aromatic N) is 2. The molecule has 1 heterocycles. The van der Waals surface area contributed by atoms with Gasteiger partial charge in [0.05, 0.1) is 4.90 Å². The minimum atomic E-state index is -3.69. The van der Waals surface area contributed by atoms with E-state index in [2.05, 4.69) is 9.71 Å². The highest BCUT2D eigenvalue weighted by molar-refractivity contribution is 7.89. The second-order valence-corrected chi connectivity index (χ2v) is 8.92. The van der Waals surface area contributed by atoms with E-state index in [1.807, 2.05) is 46.8 Å². The number of hydrogen-bond acceptors (Lipinski definition) is 4. The van der Waals surface area contributed by atoms with E-state index in [0.29, 0.717) is 11.4 Å². The fraction of sp³-hybridized carbons (Fsp3) is 0.429. The molecule has 0 unspecified atom stereocenters. The molecule has 0 aliphatic heterocycles. The van der Waals surface area contributed by atoms with Crippen molar-refractivity contribution in [3.8, 4) is 0 Å². The van der Waals surface area contributed by atoms with Crippen molar-refractivity contribution >= 4 is 15.9 Å². The molecule has 152 valence electrons. The van der Waals surface area contributed by atoms with Crippen molar-refractivity contribution in [2.24, 2.45) is 0 Å². The standard InChI is InChI=1S/C21H29N3O3S/c1-14-15(2)17(4)21(18(5)16(14)3)28(26,27)23-11-9-20(25)24(6)13-19-8-7-10-22-12-19/h7-8,10,12,23H,9,11,13H2,1-6H3. The summed E-state index contributed by atoms with van der Waals surface area (Å²) in [5.74, 6) is -0.128. The van der Waals surface area contributed by atoms with Crippen LogP contribution in [0.4, 0.5) is 0 Å². The quantitative estimate of drug-likeness (QED) is 0.771. The van der Waals surface area contributed by atoms with Crippen LogP contribution in [0, 0.1) is 34.6 Å². The number of pyridine rings is 1. The van der Waals surface area contributed by atoms with Gasteiger partial charge in [0.15, 0.2) is 0 Å². The summed E-state index contributed by atoms with van der Waals surface area (Å²) in [6.07, 6.45) is 3.48. The molecule has 0 fully saturated rings. The predicted octanol–water partition coefficient (Wildman–Crippen LogP) is 2.95. The second-order valence-electron chi connectivity index (χ2n) is 7.21. The van der Waals surface area contributed by atoms with Crippen molar-refractivity contribution in [3.63, 3.8) is 0 Å². The average molecular weight is 404 g/mol. The van der Waals surface area contributed by atoms with Crippen LogP contribution in [0.2, 0.25) is 0 Å². The number of aromatic nitrogens is 1. The lowest BCUT2D eigenvalue weighted by Crippen LogP contribution is -2.32. The van der Waals surface area contributed by atoms with Gasteiger partial charge in [-0.15, -0.1) is 0 Å². The number of sulfonamides is 1. The smallest absolute Gasteiger partial charge is 0.241 e. The summed E-state index contributed by atoms with van der Waals surface area (Å²) < 4.78 is 28.4. The first-order valence-electron chi connectivity index (χ1n) is 9.25. The van der Waals surface area contributed by atoms with Crippen LogP contribution in [-0.2, 0) is 21.4 Å². The molecule has 6 nitrogen and oxygen atoms in total. The Hall–Kier alpha value is -2.25. The zero-order valence-corrected chi connectivity index (χ0v) is 18.3. The topological polar surface area (TPSA) is 79.4 Å². The Morgan fingerprint density at radius 2 is 1.61 bits per heavy atom. The zero-order valence-electron chi connectivity index (χ0n) is 17.5. The largest absolute Gasteiger partial charge is 0.341 e. The molecule has 0 saturated carbocycles. The number of benzene rings is 1. The number of rotatable bonds is 7. The number of amides is 1. The van der Waals surface area contributed by atoms with E-state index in [9.17, 15) is 13.2 Å². The van der Waals surface area contributed by atoms with Gasteiger partial charge in [-0.05, 0) is 74.1 Å². The Bertz CT molecular complexity index is 941. The minimum Gasteiger partial charge on any atom is -0.341 e. The van der Waals surface area contributed by atoms with Crippen molar-refractivity contribution in [1.82, 2.24) is 14.6 Å². The monoisotopic (exact) mass is 403 g/mol. The summed E-state index contributed by atoms with van der Waals surface area (Å²) in [6.45, 7) is 10.0. The molecule has 1 amide bonds. The molecule has 0 atom stereocenters. The molecule has 7 heteroatoms. The molecule has 0 aliphatic rings. The maximum Gasteiger partial charge on any atom is 0.241 e. The number of carbonyl (C=O) groups excluding carboxylic acids is 1. The summed E-state index contributed by atoms with van der Waals surface area (Å²) in [5, 5.41) is 0. The van der Waals surface area contributed by atoms with E-state index in [0.717, 1.165) is 33.4 Å². The van der Waals surface area contributed by atoms with Gasteiger partial charge < -0.3 is 4.90 Å². The van der Waals surface area contributed by atoms with E-state index < -0.39 is 10.0 Å². The lowest BCUT2D eigenvalue weighted by atomic mass is 9.95. The van der Waals surface area contributed by atoms with Gasteiger partial charge in [-0.25, -0.2) is 13.1 Å². The van der Waals surface area contributed by atoms with Crippen molar-refractivity contribution in [1.29, 1.82) is 0 Å². The van der Waals surface area contributed by atoms with Crippen LogP contribution in [-0.4, -0.2) is 37.8 Å². The van der Waals surface area contributed by atoms with Gasteiger partial charge in [-0.3, -0.25) is 9.78 Å². The van der Waals surface area contributed by atoms with Crippen LogP contribution >= 0.6 is 0 Å². The molecule has 0 aliphatic carbocycles. The van der Waals surface area contributed by atoms with Crippen molar-refractivity contribution in [3.05, 3.63) is 57.9 Å². The Kier molecular flexibility index (Phi) is 6.96. The summed E-state index contributed by atoms with van der Waals surface area (Å²) >= 11 is 0. The first-order valence-corrected chi connectivity index (χ1v) is 10.7. The van der Waals surface area contributed by atoms with Crippen molar-refractivity contribution in [2.45, 2.75) is 52.5 Å². The average Bonchev–Trinajstić information content (AvgIpc) is 2.65. The van der Waals surface area contributed by atoms with Gasteiger partial charge in [-0.1, -0.05) is 6.07 Å². The third-order valence-electron chi connectivity index (χ3n) is 5.40. The fourth-order valence-corrected chi connectivity index (χ4v) is 4.91. The number of nitrogens with one attached hydrogen (secondary N) is 1. The maximum atomic E-state index is 12.9. The summed E-state index contributed by atoms with van der Waals surface area (Å²) in [7, 11) is -2.00.